The number of halogens is 1. The lowest BCUT2D eigenvalue weighted by Crippen LogP contribution is -1.90. The van der Waals surface area contributed by atoms with E-state index in [9.17, 15) is 0 Å². The van der Waals surface area contributed by atoms with Gasteiger partial charge in [-0.25, -0.2) is 0 Å². The Morgan fingerprint density at radius 3 is 2.40 bits per heavy atom. The quantitative estimate of drug-likeness (QED) is 0.799. The van der Waals surface area contributed by atoms with Crippen molar-refractivity contribution in [2.75, 3.05) is 0 Å². The Labute approximate surface area is 121 Å². The van der Waals surface area contributed by atoms with Gasteiger partial charge in [0.15, 0.2) is 0 Å². The molecule has 0 unspecified atom stereocenters. The van der Waals surface area contributed by atoms with Crippen LogP contribution in [0.4, 0.5) is 0 Å². The average molecular weight is 283 g/mol. The zero-order chi connectivity index (χ0) is 13.9. The minimum Gasteiger partial charge on any atom is -0.265 e. The summed E-state index contributed by atoms with van der Waals surface area (Å²) in [7, 11) is 0. The number of aromatic nitrogens is 4. The number of H-pyrrole nitrogens is 1. The Morgan fingerprint density at radius 1 is 1.00 bits per heavy atom. The summed E-state index contributed by atoms with van der Waals surface area (Å²) >= 11 is 5.90. The van der Waals surface area contributed by atoms with Crippen LogP contribution in [0, 0.1) is 0 Å². The maximum absolute atomic E-state index is 5.90. The van der Waals surface area contributed by atoms with Crippen molar-refractivity contribution < 1.29 is 0 Å². The Kier molecular flexibility index (Phi) is 3.31. The molecule has 20 heavy (non-hydrogen) atoms. The Bertz CT molecular complexity index is 732. The predicted octanol–water partition coefficient (Wildman–Crippen LogP) is 3.58. The van der Waals surface area contributed by atoms with Crippen molar-refractivity contribution in [2.45, 2.75) is 0 Å². The van der Waals surface area contributed by atoms with E-state index >= 15 is 0 Å². The van der Waals surface area contributed by atoms with Gasteiger partial charge in [-0.1, -0.05) is 30.3 Å². The minimum atomic E-state index is 0.691. The standard InChI is InChI=1S/C15H11ClN4/c1-10(11-2-4-13(16)5-3-11)14-15(19-20-18-14)12-6-8-17-9-7-12/h2-9H,1H2,(H,18,19,20). The molecular formula is C15H11ClN4. The summed E-state index contributed by atoms with van der Waals surface area (Å²) in [5.74, 6) is 0. The van der Waals surface area contributed by atoms with Gasteiger partial charge in [0.25, 0.3) is 0 Å². The van der Waals surface area contributed by atoms with Gasteiger partial charge >= 0.3 is 0 Å². The van der Waals surface area contributed by atoms with Gasteiger partial charge in [-0.2, -0.15) is 15.4 Å². The van der Waals surface area contributed by atoms with Crippen LogP contribution in [0.25, 0.3) is 16.8 Å². The first-order valence-corrected chi connectivity index (χ1v) is 6.40. The molecule has 0 radical (unpaired) electrons. The Hall–Kier alpha value is -2.46. The van der Waals surface area contributed by atoms with Gasteiger partial charge in [0.2, 0.25) is 0 Å². The molecule has 0 saturated heterocycles. The van der Waals surface area contributed by atoms with Crippen LogP contribution in [0.15, 0.2) is 55.4 Å². The van der Waals surface area contributed by atoms with Crippen LogP contribution >= 0.6 is 11.6 Å². The first kappa shape index (κ1) is 12.6. The van der Waals surface area contributed by atoms with Gasteiger partial charge in [-0.3, -0.25) is 4.98 Å². The maximum Gasteiger partial charge on any atom is 0.120 e. The van der Waals surface area contributed by atoms with Crippen LogP contribution in [-0.4, -0.2) is 20.4 Å². The Balaban J connectivity index is 2.02. The molecule has 5 heteroatoms. The number of benzene rings is 1. The van der Waals surface area contributed by atoms with Crippen LogP contribution in [0.1, 0.15) is 11.3 Å². The largest absolute Gasteiger partial charge is 0.265 e. The molecule has 0 spiro atoms. The number of hydrogen-bond donors (Lipinski definition) is 1. The summed E-state index contributed by atoms with van der Waals surface area (Å²) < 4.78 is 0. The van der Waals surface area contributed by atoms with Crippen molar-refractivity contribution in [3.63, 3.8) is 0 Å². The molecule has 0 aliphatic carbocycles. The number of rotatable bonds is 3. The highest BCUT2D eigenvalue weighted by atomic mass is 35.5. The number of aromatic amines is 1. The van der Waals surface area contributed by atoms with Crippen molar-refractivity contribution in [3.8, 4) is 11.3 Å². The van der Waals surface area contributed by atoms with E-state index in [0.29, 0.717) is 5.02 Å². The molecule has 0 aliphatic heterocycles. The first-order valence-electron chi connectivity index (χ1n) is 6.02. The highest BCUT2D eigenvalue weighted by molar-refractivity contribution is 6.30. The average Bonchev–Trinajstić information content (AvgIpc) is 2.97. The molecule has 2 aromatic heterocycles. The number of hydrogen-bond acceptors (Lipinski definition) is 3. The molecule has 0 bridgehead atoms. The van der Waals surface area contributed by atoms with E-state index < -0.39 is 0 Å². The van der Waals surface area contributed by atoms with Crippen molar-refractivity contribution in [3.05, 3.63) is 71.7 Å². The highest BCUT2D eigenvalue weighted by Gasteiger charge is 2.14. The third-order valence-electron chi connectivity index (χ3n) is 2.98. The van der Waals surface area contributed by atoms with Gasteiger partial charge in [0.05, 0.1) is 0 Å². The molecule has 3 aromatic rings. The number of pyridine rings is 1. The fraction of sp³-hybridized carbons (Fsp3) is 0. The molecule has 0 aliphatic rings. The molecule has 0 saturated carbocycles. The van der Waals surface area contributed by atoms with Crippen molar-refractivity contribution in [1.82, 2.24) is 20.4 Å². The van der Waals surface area contributed by atoms with E-state index in [1.807, 2.05) is 36.4 Å². The molecule has 2 heterocycles. The van der Waals surface area contributed by atoms with Crippen LogP contribution in [0.3, 0.4) is 0 Å². The molecule has 0 amide bonds. The second-order valence-electron chi connectivity index (χ2n) is 4.24. The molecule has 0 fully saturated rings. The molecule has 98 valence electrons. The normalized spacial score (nSPS) is 10.4. The third-order valence-corrected chi connectivity index (χ3v) is 3.23. The Morgan fingerprint density at radius 2 is 1.70 bits per heavy atom. The summed E-state index contributed by atoms with van der Waals surface area (Å²) in [6, 6.07) is 11.3. The zero-order valence-electron chi connectivity index (χ0n) is 10.5. The van der Waals surface area contributed by atoms with Gasteiger partial charge < -0.3 is 0 Å². The van der Waals surface area contributed by atoms with Gasteiger partial charge in [0.1, 0.15) is 11.4 Å². The third kappa shape index (κ3) is 2.33. The van der Waals surface area contributed by atoms with Crippen LogP contribution in [0.5, 0.6) is 0 Å². The van der Waals surface area contributed by atoms with Crippen molar-refractivity contribution in [1.29, 1.82) is 0 Å². The van der Waals surface area contributed by atoms with Gasteiger partial charge in [-0.05, 0) is 29.8 Å². The summed E-state index contributed by atoms with van der Waals surface area (Å²) in [5.41, 5.74) is 4.17. The smallest absolute Gasteiger partial charge is 0.120 e. The molecule has 3 rings (SSSR count). The lowest BCUT2D eigenvalue weighted by atomic mass is 10.0. The SMILES string of the molecule is C=C(c1ccc(Cl)cc1)c1n[nH]nc1-c1ccncc1. The molecule has 0 atom stereocenters. The van der Waals surface area contributed by atoms with E-state index in [4.69, 9.17) is 11.6 Å². The van der Waals surface area contributed by atoms with E-state index in [-0.39, 0.29) is 0 Å². The number of nitrogens with zero attached hydrogens (tertiary/aromatic N) is 3. The summed E-state index contributed by atoms with van der Waals surface area (Å²) in [6.07, 6.45) is 3.44. The van der Waals surface area contributed by atoms with Crippen LogP contribution < -0.4 is 0 Å². The van der Waals surface area contributed by atoms with E-state index in [1.165, 1.54) is 0 Å². The summed E-state index contributed by atoms with van der Waals surface area (Å²) in [4.78, 5) is 4.00. The molecular weight excluding hydrogens is 272 g/mol. The fourth-order valence-corrected chi connectivity index (χ4v) is 2.07. The molecule has 4 nitrogen and oxygen atoms in total. The van der Waals surface area contributed by atoms with Gasteiger partial charge in [-0.15, -0.1) is 0 Å². The summed E-state index contributed by atoms with van der Waals surface area (Å²) in [6.45, 7) is 4.10. The number of nitrogens with one attached hydrogen (secondary N) is 1. The van der Waals surface area contributed by atoms with Crippen molar-refractivity contribution in [2.24, 2.45) is 0 Å². The van der Waals surface area contributed by atoms with Crippen LogP contribution in [-0.2, 0) is 0 Å². The first-order chi connectivity index (χ1) is 9.75. The van der Waals surface area contributed by atoms with Crippen molar-refractivity contribution >= 4 is 17.2 Å². The predicted molar refractivity (Wildman–Crippen MR) is 79.2 cm³/mol. The second kappa shape index (κ2) is 5.27. The summed E-state index contributed by atoms with van der Waals surface area (Å²) in [5, 5.41) is 11.7. The fourth-order valence-electron chi connectivity index (χ4n) is 1.94. The van der Waals surface area contributed by atoms with E-state index in [1.54, 1.807) is 12.4 Å². The lowest BCUT2D eigenvalue weighted by molar-refractivity contribution is 0.937. The molecule has 1 N–H and O–H groups in total. The second-order valence-corrected chi connectivity index (χ2v) is 4.68. The topological polar surface area (TPSA) is 54.5 Å². The van der Waals surface area contributed by atoms with E-state index in [2.05, 4.69) is 27.0 Å². The molecule has 1 aromatic carbocycles. The highest BCUT2D eigenvalue weighted by Crippen LogP contribution is 2.28. The minimum absolute atomic E-state index is 0.691. The lowest BCUT2D eigenvalue weighted by Gasteiger charge is -2.05. The van der Waals surface area contributed by atoms with Crippen LogP contribution in [0.2, 0.25) is 5.02 Å². The maximum atomic E-state index is 5.90. The van der Waals surface area contributed by atoms with E-state index in [0.717, 1.165) is 28.1 Å². The van der Waals surface area contributed by atoms with Gasteiger partial charge in [0, 0.05) is 28.6 Å². The zero-order valence-corrected chi connectivity index (χ0v) is 11.3. The monoisotopic (exact) mass is 282 g/mol.